The SMILES string of the molecule is CC1CCN(C(=O)CCCN)C(C(=O)O)C1. The number of hydrogen-bond acceptors (Lipinski definition) is 3. The van der Waals surface area contributed by atoms with Crippen molar-refractivity contribution in [1.29, 1.82) is 0 Å². The molecule has 0 aromatic carbocycles. The van der Waals surface area contributed by atoms with Crippen LogP contribution >= 0.6 is 0 Å². The lowest BCUT2D eigenvalue weighted by Crippen LogP contribution is -2.49. The van der Waals surface area contributed by atoms with Crippen molar-refractivity contribution >= 4 is 11.9 Å². The molecule has 5 heteroatoms. The molecule has 3 N–H and O–H groups in total. The average Bonchev–Trinajstić information content (AvgIpc) is 2.25. The summed E-state index contributed by atoms with van der Waals surface area (Å²) in [4.78, 5) is 24.4. The second-order valence-electron chi connectivity index (χ2n) is 4.46. The lowest BCUT2D eigenvalue weighted by atomic mass is 9.92. The third-order valence-electron chi connectivity index (χ3n) is 3.06. The Kier molecular flexibility index (Phi) is 4.73. The Morgan fingerprint density at radius 1 is 1.50 bits per heavy atom. The summed E-state index contributed by atoms with van der Waals surface area (Å²) in [5.74, 6) is -0.600. The van der Waals surface area contributed by atoms with Crippen LogP contribution in [0.25, 0.3) is 0 Å². The van der Waals surface area contributed by atoms with Crippen molar-refractivity contribution in [3.63, 3.8) is 0 Å². The summed E-state index contributed by atoms with van der Waals surface area (Å²) in [7, 11) is 0. The number of likely N-dealkylation sites (tertiary alicyclic amines) is 1. The van der Waals surface area contributed by atoms with Gasteiger partial charge in [0.15, 0.2) is 0 Å². The minimum Gasteiger partial charge on any atom is -0.480 e. The Bertz CT molecular complexity index is 268. The fraction of sp³-hybridized carbons (Fsp3) is 0.818. The summed E-state index contributed by atoms with van der Waals surface area (Å²) < 4.78 is 0. The van der Waals surface area contributed by atoms with Crippen LogP contribution < -0.4 is 5.73 Å². The Morgan fingerprint density at radius 3 is 2.75 bits per heavy atom. The van der Waals surface area contributed by atoms with E-state index in [1.54, 1.807) is 0 Å². The second-order valence-corrected chi connectivity index (χ2v) is 4.46. The van der Waals surface area contributed by atoms with Crippen molar-refractivity contribution in [2.45, 2.75) is 38.6 Å². The van der Waals surface area contributed by atoms with Crippen molar-refractivity contribution < 1.29 is 14.7 Å². The molecule has 1 heterocycles. The van der Waals surface area contributed by atoms with Crippen molar-refractivity contribution in [3.8, 4) is 0 Å². The van der Waals surface area contributed by atoms with Crippen LogP contribution in [0.4, 0.5) is 0 Å². The minimum atomic E-state index is -0.896. The van der Waals surface area contributed by atoms with E-state index < -0.39 is 12.0 Å². The molecular weight excluding hydrogens is 208 g/mol. The first kappa shape index (κ1) is 13.0. The number of aliphatic carboxylic acids is 1. The zero-order chi connectivity index (χ0) is 12.1. The van der Waals surface area contributed by atoms with Crippen molar-refractivity contribution in [2.24, 2.45) is 11.7 Å². The topological polar surface area (TPSA) is 83.6 Å². The van der Waals surface area contributed by atoms with E-state index in [2.05, 4.69) is 0 Å². The first-order chi connectivity index (χ1) is 7.56. The van der Waals surface area contributed by atoms with Crippen LogP contribution in [0.5, 0.6) is 0 Å². The average molecular weight is 228 g/mol. The number of amides is 1. The molecule has 0 radical (unpaired) electrons. The Labute approximate surface area is 95.6 Å². The van der Waals surface area contributed by atoms with Gasteiger partial charge in [-0.15, -0.1) is 0 Å². The smallest absolute Gasteiger partial charge is 0.326 e. The van der Waals surface area contributed by atoms with Gasteiger partial charge in [-0.3, -0.25) is 4.79 Å². The number of rotatable bonds is 4. The largest absolute Gasteiger partial charge is 0.480 e. The van der Waals surface area contributed by atoms with E-state index in [1.807, 2.05) is 6.92 Å². The molecule has 92 valence electrons. The van der Waals surface area contributed by atoms with E-state index >= 15 is 0 Å². The number of carboxylic acid groups (broad SMARTS) is 1. The molecule has 16 heavy (non-hydrogen) atoms. The number of carbonyl (C=O) groups excluding carboxylic acids is 1. The minimum absolute atomic E-state index is 0.0789. The van der Waals surface area contributed by atoms with E-state index in [4.69, 9.17) is 10.8 Å². The second kappa shape index (κ2) is 5.84. The van der Waals surface area contributed by atoms with Crippen LogP contribution in [0.1, 0.15) is 32.6 Å². The van der Waals surface area contributed by atoms with Gasteiger partial charge < -0.3 is 15.7 Å². The fourth-order valence-electron chi connectivity index (χ4n) is 2.07. The first-order valence-electron chi connectivity index (χ1n) is 5.78. The lowest BCUT2D eigenvalue weighted by molar-refractivity contribution is -0.153. The number of carbonyl (C=O) groups is 2. The molecule has 2 unspecified atom stereocenters. The monoisotopic (exact) mass is 228 g/mol. The van der Waals surface area contributed by atoms with Crippen LogP contribution in [-0.4, -0.2) is 41.0 Å². The summed E-state index contributed by atoms with van der Waals surface area (Å²) in [5, 5.41) is 9.08. The first-order valence-corrected chi connectivity index (χ1v) is 5.78. The standard InChI is InChI=1S/C11H20N2O3/c1-8-4-6-13(9(7-8)11(15)16)10(14)3-2-5-12/h8-9H,2-7,12H2,1H3,(H,15,16). The number of piperidine rings is 1. The molecule has 5 nitrogen and oxygen atoms in total. The molecule has 1 saturated heterocycles. The molecule has 1 amide bonds. The van der Waals surface area contributed by atoms with Crippen LogP contribution in [-0.2, 0) is 9.59 Å². The van der Waals surface area contributed by atoms with E-state index in [0.29, 0.717) is 38.3 Å². The van der Waals surface area contributed by atoms with Crippen LogP contribution in [0.15, 0.2) is 0 Å². The lowest BCUT2D eigenvalue weighted by Gasteiger charge is -2.36. The molecule has 0 bridgehead atoms. The molecule has 1 aliphatic rings. The van der Waals surface area contributed by atoms with Crippen molar-refractivity contribution in [2.75, 3.05) is 13.1 Å². The molecule has 0 aliphatic carbocycles. The predicted octanol–water partition coefficient (Wildman–Crippen LogP) is 0.437. The van der Waals surface area contributed by atoms with E-state index in [-0.39, 0.29) is 5.91 Å². The molecule has 0 aromatic heterocycles. The molecule has 2 atom stereocenters. The van der Waals surface area contributed by atoms with Gasteiger partial charge in [0.1, 0.15) is 6.04 Å². The van der Waals surface area contributed by atoms with Crippen LogP contribution in [0.2, 0.25) is 0 Å². The van der Waals surface area contributed by atoms with Gasteiger partial charge in [-0.1, -0.05) is 6.92 Å². The zero-order valence-electron chi connectivity index (χ0n) is 9.69. The summed E-state index contributed by atoms with van der Waals surface area (Å²) in [6, 6.07) is -0.644. The highest BCUT2D eigenvalue weighted by Gasteiger charge is 2.34. The van der Waals surface area contributed by atoms with Gasteiger partial charge in [0, 0.05) is 13.0 Å². The molecule has 0 spiro atoms. The number of nitrogens with zero attached hydrogens (tertiary/aromatic N) is 1. The van der Waals surface area contributed by atoms with Crippen molar-refractivity contribution in [1.82, 2.24) is 4.90 Å². The van der Waals surface area contributed by atoms with Crippen LogP contribution in [0, 0.1) is 5.92 Å². The Morgan fingerprint density at radius 2 is 2.19 bits per heavy atom. The Balaban J connectivity index is 2.61. The zero-order valence-corrected chi connectivity index (χ0v) is 9.69. The highest BCUT2D eigenvalue weighted by Crippen LogP contribution is 2.23. The summed E-state index contributed by atoms with van der Waals surface area (Å²) in [5.41, 5.74) is 5.34. The van der Waals surface area contributed by atoms with E-state index in [0.717, 1.165) is 6.42 Å². The highest BCUT2D eigenvalue weighted by molar-refractivity contribution is 5.83. The summed E-state index contributed by atoms with van der Waals surface area (Å²) >= 11 is 0. The molecule has 1 fully saturated rings. The third kappa shape index (κ3) is 3.20. The van der Waals surface area contributed by atoms with E-state index in [1.165, 1.54) is 4.90 Å². The maximum absolute atomic E-state index is 11.8. The quantitative estimate of drug-likeness (QED) is 0.731. The Hall–Kier alpha value is -1.10. The van der Waals surface area contributed by atoms with Gasteiger partial charge in [-0.05, 0) is 31.7 Å². The van der Waals surface area contributed by atoms with Gasteiger partial charge in [0.25, 0.3) is 0 Å². The number of hydrogen-bond donors (Lipinski definition) is 2. The maximum Gasteiger partial charge on any atom is 0.326 e. The number of carboxylic acids is 1. The van der Waals surface area contributed by atoms with Gasteiger partial charge in [-0.2, -0.15) is 0 Å². The molecular formula is C11H20N2O3. The molecule has 1 aliphatic heterocycles. The fourth-order valence-corrected chi connectivity index (χ4v) is 2.07. The van der Waals surface area contributed by atoms with Crippen molar-refractivity contribution in [3.05, 3.63) is 0 Å². The van der Waals surface area contributed by atoms with Crippen LogP contribution in [0.3, 0.4) is 0 Å². The highest BCUT2D eigenvalue weighted by atomic mass is 16.4. The van der Waals surface area contributed by atoms with Gasteiger partial charge in [0.2, 0.25) is 5.91 Å². The maximum atomic E-state index is 11.8. The van der Waals surface area contributed by atoms with Gasteiger partial charge >= 0.3 is 5.97 Å². The molecule has 0 aromatic rings. The molecule has 1 rings (SSSR count). The third-order valence-corrected chi connectivity index (χ3v) is 3.06. The normalized spacial score (nSPS) is 25.5. The van der Waals surface area contributed by atoms with Gasteiger partial charge in [-0.25, -0.2) is 4.79 Å². The summed E-state index contributed by atoms with van der Waals surface area (Å²) in [6.45, 7) is 3.05. The molecule has 0 saturated carbocycles. The van der Waals surface area contributed by atoms with Gasteiger partial charge in [0.05, 0.1) is 0 Å². The number of nitrogens with two attached hydrogens (primary N) is 1. The summed E-state index contributed by atoms with van der Waals surface area (Å²) in [6.07, 6.45) is 2.42. The van der Waals surface area contributed by atoms with E-state index in [9.17, 15) is 9.59 Å². The predicted molar refractivity (Wildman–Crippen MR) is 59.8 cm³/mol.